The molecule has 0 saturated carbocycles. The Morgan fingerprint density at radius 2 is 1.20 bits per heavy atom. The maximum absolute atomic E-state index is 12.7. The first-order valence-electron chi connectivity index (χ1n) is 11.2. The van der Waals surface area contributed by atoms with E-state index in [0.717, 1.165) is 29.7 Å². The average Bonchev–Trinajstić information content (AvgIpc) is 2.84. The fourth-order valence-corrected chi connectivity index (χ4v) is 6.11. The van der Waals surface area contributed by atoms with Gasteiger partial charge in [-0.25, -0.2) is 16.8 Å². The van der Waals surface area contributed by atoms with Gasteiger partial charge >= 0.3 is 0 Å². The molecule has 0 bridgehead atoms. The van der Waals surface area contributed by atoms with Crippen molar-refractivity contribution in [1.82, 2.24) is 4.31 Å². The molecule has 0 amide bonds. The molecule has 6 nitrogen and oxygen atoms in total. The number of hydrogen-bond acceptors (Lipinski definition) is 5. The third-order valence-electron chi connectivity index (χ3n) is 6.00. The number of hydrogen-bond donors (Lipinski definition) is 0. The minimum atomic E-state index is -3.55. The van der Waals surface area contributed by atoms with E-state index in [2.05, 4.69) is 12.1 Å². The maximum atomic E-state index is 12.7. The Labute approximate surface area is 213 Å². The summed E-state index contributed by atoms with van der Waals surface area (Å²) in [6.45, 7) is 4.96. The van der Waals surface area contributed by atoms with E-state index < -0.39 is 19.1 Å². The molecule has 3 aromatic rings. The lowest BCUT2D eigenvalue weighted by Gasteiger charge is -2.31. The number of piperidine rings is 1. The van der Waals surface area contributed by atoms with Crippen LogP contribution in [0.1, 0.15) is 35.4 Å². The van der Waals surface area contributed by atoms with Gasteiger partial charge < -0.3 is 4.74 Å². The summed E-state index contributed by atoms with van der Waals surface area (Å²) in [6.07, 6.45) is 1.69. The molecule has 0 unspecified atom stereocenters. The molecule has 1 aliphatic rings. The SMILES string of the molecule is COc1ccc(C2CCN(S(=O)(=O)c3ccc(C)cc3)CC2)cc1.Cc1ccc(S(=O)(=O)Cl)cc1. The van der Waals surface area contributed by atoms with Crippen LogP contribution in [0.15, 0.2) is 82.6 Å². The van der Waals surface area contributed by atoms with Crippen molar-refractivity contribution in [2.24, 2.45) is 0 Å². The number of halogens is 1. The number of sulfonamides is 1. The largest absolute Gasteiger partial charge is 0.497 e. The molecule has 0 N–H and O–H groups in total. The highest BCUT2D eigenvalue weighted by atomic mass is 35.7. The number of ether oxygens (including phenoxy) is 1. The summed E-state index contributed by atoms with van der Waals surface area (Å²) in [5, 5.41) is 0. The van der Waals surface area contributed by atoms with Crippen LogP contribution in [0.25, 0.3) is 0 Å². The summed E-state index contributed by atoms with van der Waals surface area (Å²) >= 11 is 0. The predicted molar refractivity (Wildman–Crippen MR) is 139 cm³/mol. The van der Waals surface area contributed by atoms with Crippen LogP contribution in [0, 0.1) is 13.8 Å². The van der Waals surface area contributed by atoms with Crippen molar-refractivity contribution in [2.75, 3.05) is 20.2 Å². The van der Waals surface area contributed by atoms with Gasteiger partial charge in [0.2, 0.25) is 10.0 Å². The van der Waals surface area contributed by atoms with Crippen LogP contribution in [0.4, 0.5) is 0 Å². The minimum absolute atomic E-state index is 0.143. The van der Waals surface area contributed by atoms with E-state index in [1.54, 1.807) is 35.7 Å². The van der Waals surface area contributed by atoms with Gasteiger partial charge in [-0.2, -0.15) is 4.31 Å². The molecule has 0 aromatic heterocycles. The Kier molecular flexibility index (Phi) is 8.99. The van der Waals surface area contributed by atoms with Gasteiger partial charge in [-0.15, -0.1) is 0 Å². The van der Waals surface area contributed by atoms with E-state index in [1.807, 2.05) is 38.1 Å². The van der Waals surface area contributed by atoms with E-state index in [9.17, 15) is 16.8 Å². The van der Waals surface area contributed by atoms with Crippen molar-refractivity contribution in [2.45, 2.75) is 42.4 Å². The summed E-state index contributed by atoms with van der Waals surface area (Å²) in [4.78, 5) is 0.528. The molecule has 3 aromatic carbocycles. The highest BCUT2D eigenvalue weighted by molar-refractivity contribution is 8.13. The second-order valence-corrected chi connectivity index (χ2v) is 13.0. The average molecular weight is 536 g/mol. The molecule has 1 fully saturated rings. The summed E-state index contributed by atoms with van der Waals surface area (Å²) in [5.41, 5.74) is 3.32. The molecule has 9 heteroatoms. The summed E-state index contributed by atoms with van der Waals surface area (Å²) in [5.74, 6) is 1.25. The standard InChI is InChI=1S/C19H23NO3S.C7H7ClO2S/c1-15-3-9-19(10-4-15)24(21,22)20-13-11-17(12-14-20)16-5-7-18(23-2)8-6-16;1-6-2-4-7(5-3-6)11(8,9)10/h3-10,17H,11-14H2,1-2H3;2-5H,1H3. The Balaban J connectivity index is 0.000000261. The second kappa shape index (κ2) is 11.6. The van der Waals surface area contributed by atoms with Crippen LogP contribution < -0.4 is 4.74 Å². The van der Waals surface area contributed by atoms with Gasteiger partial charge in [-0.05, 0) is 74.6 Å². The highest BCUT2D eigenvalue weighted by Crippen LogP contribution is 2.31. The van der Waals surface area contributed by atoms with Gasteiger partial charge in [-0.3, -0.25) is 0 Å². The van der Waals surface area contributed by atoms with Gasteiger partial charge in [0.25, 0.3) is 9.05 Å². The Hall–Kier alpha value is -2.39. The first-order chi connectivity index (χ1) is 16.5. The molecule has 0 atom stereocenters. The van der Waals surface area contributed by atoms with Crippen LogP contribution in [0.5, 0.6) is 5.75 Å². The van der Waals surface area contributed by atoms with Crippen LogP contribution in [0.2, 0.25) is 0 Å². The van der Waals surface area contributed by atoms with Crippen molar-refractivity contribution in [3.8, 4) is 5.75 Å². The van der Waals surface area contributed by atoms with E-state index in [4.69, 9.17) is 15.4 Å². The zero-order valence-electron chi connectivity index (χ0n) is 20.0. The van der Waals surface area contributed by atoms with Crippen molar-refractivity contribution in [3.05, 3.63) is 89.5 Å². The monoisotopic (exact) mass is 535 g/mol. The Morgan fingerprint density at radius 1 is 0.743 bits per heavy atom. The third kappa shape index (κ3) is 7.30. The smallest absolute Gasteiger partial charge is 0.261 e. The Morgan fingerprint density at radius 3 is 1.63 bits per heavy atom. The number of aryl methyl sites for hydroxylation is 2. The second-order valence-electron chi connectivity index (χ2n) is 8.52. The number of methoxy groups -OCH3 is 1. The normalized spacial score (nSPS) is 15.2. The van der Waals surface area contributed by atoms with E-state index in [-0.39, 0.29) is 4.90 Å². The van der Waals surface area contributed by atoms with Crippen LogP contribution in [-0.4, -0.2) is 41.3 Å². The van der Waals surface area contributed by atoms with Crippen LogP contribution in [-0.2, 0) is 19.1 Å². The van der Waals surface area contributed by atoms with Crippen LogP contribution >= 0.6 is 10.7 Å². The molecular weight excluding hydrogens is 506 g/mol. The van der Waals surface area contributed by atoms with Gasteiger partial charge in [-0.1, -0.05) is 47.5 Å². The molecule has 0 radical (unpaired) electrons. The van der Waals surface area contributed by atoms with Crippen molar-refractivity contribution in [3.63, 3.8) is 0 Å². The van der Waals surface area contributed by atoms with Crippen molar-refractivity contribution >= 4 is 29.8 Å². The van der Waals surface area contributed by atoms with Crippen molar-refractivity contribution < 1.29 is 21.6 Å². The third-order valence-corrected chi connectivity index (χ3v) is 9.29. The van der Waals surface area contributed by atoms with Gasteiger partial charge in [0.1, 0.15) is 5.75 Å². The molecule has 0 aliphatic carbocycles. The van der Waals surface area contributed by atoms with E-state index in [1.165, 1.54) is 17.7 Å². The molecule has 35 heavy (non-hydrogen) atoms. The molecule has 1 saturated heterocycles. The molecule has 1 aliphatic heterocycles. The lowest BCUT2D eigenvalue weighted by Crippen LogP contribution is -2.37. The van der Waals surface area contributed by atoms with E-state index in [0.29, 0.717) is 23.9 Å². The fraction of sp³-hybridized carbons (Fsp3) is 0.308. The zero-order valence-corrected chi connectivity index (χ0v) is 22.4. The minimum Gasteiger partial charge on any atom is -0.497 e. The zero-order chi connectivity index (χ0) is 25.6. The number of benzene rings is 3. The fourth-order valence-electron chi connectivity index (χ4n) is 3.87. The van der Waals surface area contributed by atoms with Gasteiger partial charge in [0.05, 0.1) is 16.9 Å². The molecule has 188 valence electrons. The number of nitrogens with zero attached hydrogens (tertiary/aromatic N) is 1. The highest BCUT2D eigenvalue weighted by Gasteiger charge is 2.29. The first kappa shape index (κ1) is 27.2. The van der Waals surface area contributed by atoms with Gasteiger partial charge in [0, 0.05) is 23.8 Å². The molecule has 0 spiro atoms. The van der Waals surface area contributed by atoms with Crippen molar-refractivity contribution in [1.29, 1.82) is 0 Å². The summed E-state index contributed by atoms with van der Waals surface area (Å²) in [6, 6.07) is 21.5. The maximum Gasteiger partial charge on any atom is 0.261 e. The number of rotatable bonds is 5. The van der Waals surface area contributed by atoms with Gasteiger partial charge in [0.15, 0.2) is 0 Å². The molecule has 4 rings (SSSR count). The topological polar surface area (TPSA) is 80.8 Å². The molecule has 1 heterocycles. The Bertz CT molecular complexity index is 1310. The first-order valence-corrected chi connectivity index (χ1v) is 15.0. The lowest BCUT2D eigenvalue weighted by molar-refractivity contribution is 0.319. The quantitative estimate of drug-likeness (QED) is 0.403. The van der Waals surface area contributed by atoms with E-state index >= 15 is 0 Å². The predicted octanol–water partition coefficient (Wildman–Crippen LogP) is 5.49. The summed E-state index contributed by atoms with van der Waals surface area (Å²) < 4.78 is 53.7. The molecular formula is C26H30ClNO5S2. The summed E-state index contributed by atoms with van der Waals surface area (Å²) in [7, 11) is -0.190. The van der Waals surface area contributed by atoms with Crippen LogP contribution in [0.3, 0.4) is 0 Å². The lowest BCUT2D eigenvalue weighted by atomic mass is 9.90.